The van der Waals surface area contributed by atoms with Crippen molar-refractivity contribution in [1.82, 2.24) is 0 Å². The summed E-state index contributed by atoms with van der Waals surface area (Å²) in [6, 6.07) is 0. The highest BCUT2D eigenvalue weighted by Gasteiger charge is 2.28. The molecule has 1 fully saturated rings. The highest BCUT2D eigenvalue weighted by atomic mass is 33.1. The van der Waals surface area contributed by atoms with E-state index in [1.807, 2.05) is 21.6 Å². The number of ether oxygens (including phenoxy) is 3. The Morgan fingerprint density at radius 2 is 1.38 bits per heavy atom. The van der Waals surface area contributed by atoms with Gasteiger partial charge in [-0.05, 0) is 6.42 Å². The first-order valence-corrected chi connectivity index (χ1v) is 12.3. The van der Waals surface area contributed by atoms with Gasteiger partial charge in [0.2, 0.25) is 0 Å². The molecule has 5 heteroatoms. The van der Waals surface area contributed by atoms with E-state index in [0.717, 1.165) is 12.4 Å². The molecule has 0 spiro atoms. The normalized spacial score (nSPS) is 20.8. The first kappa shape index (κ1) is 22.6. The van der Waals surface area contributed by atoms with Crippen molar-refractivity contribution in [3.05, 3.63) is 0 Å². The Labute approximate surface area is 157 Å². The van der Waals surface area contributed by atoms with E-state index in [1.165, 1.54) is 70.0 Å². The quantitative estimate of drug-likeness (QED) is 0.238. The minimum Gasteiger partial charge on any atom is -0.376 e. The zero-order chi connectivity index (χ0) is 17.3. The van der Waals surface area contributed by atoms with Crippen LogP contribution in [0, 0.1) is 0 Å². The van der Waals surface area contributed by atoms with E-state index >= 15 is 0 Å². The van der Waals surface area contributed by atoms with Crippen LogP contribution in [-0.2, 0) is 14.2 Å². The molecule has 2 unspecified atom stereocenters. The monoisotopic (exact) mass is 378 g/mol. The second-order valence-corrected chi connectivity index (χ2v) is 9.25. The van der Waals surface area contributed by atoms with Crippen LogP contribution < -0.4 is 0 Å². The van der Waals surface area contributed by atoms with Crippen molar-refractivity contribution in [3.63, 3.8) is 0 Å². The topological polar surface area (TPSA) is 27.7 Å². The highest BCUT2D eigenvalue weighted by Crippen LogP contribution is 2.23. The molecule has 0 bridgehead atoms. The predicted octanol–water partition coefficient (Wildman–Crippen LogP) is 5.72. The lowest BCUT2D eigenvalue weighted by atomic mass is 10.1. The van der Waals surface area contributed by atoms with Crippen LogP contribution in [0.15, 0.2) is 0 Å². The molecule has 1 rings (SSSR count). The molecule has 1 aliphatic heterocycles. The first-order chi connectivity index (χ1) is 11.9. The van der Waals surface area contributed by atoms with E-state index in [0.29, 0.717) is 13.2 Å². The molecule has 1 aliphatic rings. The predicted molar refractivity (Wildman–Crippen MR) is 108 cm³/mol. The number of hydrogen-bond donors (Lipinski definition) is 0. The van der Waals surface area contributed by atoms with Gasteiger partial charge in [-0.2, -0.15) is 0 Å². The van der Waals surface area contributed by atoms with Crippen LogP contribution in [-0.4, -0.2) is 50.6 Å². The smallest absolute Gasteiger partial charge is 0.109 e. The summed E-state index contributed by atoms with van der Waals surface area (Å²) in [5, 5.41) is 0. The molecule has 3 nitrogen and oxygen atoms in total. The fourth-order valence-corrected chi connectivity index (χ4v) is 4.88. The van der Waals surface area contributed by atoms with Gasteiger partial charge in [0.1, 0.15) is 12.2 Å². The Balaban J connectivity index is 1.72. The molecule has 0 aliphatic carbocycles. The van der Waals surface area contributed by atoms with E-state index in [2.05, 4.69) is 6.92 Å². The largest absolute Gasteiger partial charge is 0.376 e. The van der Waals surface area contributed by atoms with Gasteiger partial charge in [-0.15, -0.1) is 0 Å². The second kappa shape index (κ2) is 17.0. The SMILES string of the molecule is CCCCCCCCCCCCSSCCOC1COCC1OC. The minimum absolute atomic E-state index is 0.120. The van der Waals surface area contributed by atoms with Gasteiger partial charge in [-0.25, -0.2) is 0 Å². The summed E-state index contributed by atoms with van der Waals surface area (Å²) in [6.07, 6.45) is 14.4. The van der Waals surface area contributed by atoms with Crippen molar-refractivity contribution < 1.29 is 14.2 Å². The van der Waals surface area contributed by atoms with E-state index in [1.54, 1.807) is 7.11 Å². The van der Waals surface area contributed by atoms with Crippen molar-refractivity contribution in [3.8, 4) is 0 Å². The third kappa shape index (κ3) is 12.0. The lowest BCUT2D eigenvalue weighted by molar-refractivity contribution is -0.0224. The van der Waals surface area contributed by atoms with Crippen molar-refractivity contribution in [1.29, 1.82) is 0 Å². The standard InChI is InChI=1S/C19H38O3S2/c1-3-4-5-6-7-8-9-10-11-12-14-23-24-15-13-22-19-17-21-16-18(19)20-2/h18-19H,3-17H2,1-2H3. The Bertz CT molecular complexity index is 267. The fraction of sp³-hybridized carbons (Fsp3) is 1.00. The Morgan fingerprint density at radius 3 is 2.04 bits per heavy atom. The van der Waals surface area contributed by atoms with Gasteiger partial charge in [0.15, 0.2) is 0 Å². The van der Waals surface area contributed by atoms with Crippen LogP contribution in [0.4, 0.5) is 0 Å². The first-order valence-electron chi connectivity index (χ1n) is 9.85. The zero-order valence-electron chi connectivity index (χ0n) is 15.8. The zero-order valence-corrected chi connectivity index (χ0v) is 17.4. The van der Waals surface area contributed by atoms with Crippen LogP contribution in [0.5, 0.6) is 0 Å². The summed E-state index contributed by atoms with van der Waals surface area (Å²) < 4.78 is 16.5. The van der Waals surface area contributed by atoms with Gasteiger partial charge < -0.3 is 14.2 Å². The van der Waals surface area contributed by atoms with Gasteiger partial charge in [0, 0.05) is 18.6 Å². The third-order valence-corrected chi connectivity index (χ3v) is 6.90. The average Bonchev–Trinajstić information content (AvgIpc) is 3.06. The third-order valence-electron chi connectivity index (χ3n) is 4.44. The summed E-state index contributed by atoms with van der Waals surface area (Å²) in [6.45, 7) is 4.42. The summed E-state index contributed by atoms with van der Waals surface area (Å²) in [4.78, 5) is 0. The van der Waals surface area contributed by atoms with Gasteiger partial charge in [0.05, 0.1) is 19.8 Å². The van der Waals surface area contributed by atoms with Crippen LogP contribution >= 0.6 is 21.6 Å². The lowest BCUT2D eigenvalue weighted by Gasteiger charge is -2.16. The molecule has 2 atom stereocenters. The molecule has 1 heterocycles. The van der Waals surface area contributed by atoms with Gasteiger partial charge in [-0.3, -0.25) is 0 Å². The molecule has 0 saturated carbocycles. The molecule has 0 amide bonds. The number of hydrogen-bond acceptors (Lipinski definition) is 5. The summed E-state index contributed by atoms with van der Waals surface area (Å²) >= 11 is 0. The summed E-state index contributed by atoms with van der Waals surface area (Å²) in [7, 11) is 5.66. The average molecular weight is 379 g/mol. The molecular formula is C19H38O3S2. The molecule has 0 aromatic heterocycles. The number of methoxy groups -OCH3 is 1. The maximum absolute atomic E-state index is 5.83. The Morgan fingerprint density at radius 1 is 0.792 bits per heavy atom. The Kier molecular flexibility index (Phi) is 16.0. The number of unbranched alkanes of at least 4 members (excludes halogenated alkanes) is 9. The minimum atomic E-state index is 0.120. The maximum Gasteiger partial charge on any atom is 0.109 e. The molecule has 0 radical (unpaired) electrons. The second-order valence-electron chi connectivity index (χ2n) is 6.55. The van der Waals surface area contributed by atoms with Gasteiger partial charge in [-0.1, -0.05) is 86.3 Å². The van der Waals surface area contributed by atoms with Crippen molar-refractivity contribution in [2.45, 2.75) is 83.3 Å². The van der Waals surface area contributed by atoms with E-state index < -0.39 is 0 Å². The van der Waals surface area contributed by atoms with Crippen LogP contribution in [0.1, 0.15) is 71.1 Å². The molecule has 0 aromatic carbocycles. The number of rotatable bonds is 17. The molecule has 24 heavy (non-hydrogen) atoms. The molecule has 0 aromatic rings. The Hall–Kier alpha value is 0.580. The van der Waals surface area contributed by atoms with Crippen molar-refractivity contribution in [2.75, 3.05) is 38.4 Å². The lowest BCUT2D eigenvalue weighted by Crippen LogP contribution is -2.29. The highest BCUT2D eigenvalue weighted by molar-refractivity contribution is 8.76. The van der Waals surface area contributed by atoms with E-state index in [4.69, 9.17) is 14.2 Å². The van der Waals surface area contributed by atoms with Gasteiger partial charge in [0.25, 0.3) is 0 Å². The van der Waals surface area contributed by atoms with Crippen LogP contribution in [0.3, 0.4) is 0 Å². The fourth-order valence-electron chi connectivity index (χ4n) is 2.89. The van der Waals surface area contributed by atoms with Crippen LogP contribution in [0.25, 0.3) is 0 Å². The van der Waals surface area contributed by atoms with Gasteiger partial charge >= 0.3 is 0 Å². The van der Waals surface area contributed by atoms with E-state index in [9.17, 15) is 0 Å². The maximum atomic E-state index is 5.83. The van der Waals surface area contributed by atoms with Crippen molar-refractivity contribution in [2.24, 2.45) is 0 Å². The summed E-state index contributed by atoms with van der Waals surface area (Å²) in [5.41, 5.74) is 0. The summed E-state index contributed by atoms with van der Waals surface area (Å²) in [5.74, 6) is 2.32. The van der Waals surface area contributed by atoms with E-state index in [-0.39, 0.29) is 12.2 Å². The molecular weight excluding hydrogens is 340 g/mol. The van der Waals surface area contributed by atoms with Crippen LogP contribution in [0.2, 0.25) is 0 Å². The van der Waals surface area contributed by atoms with Crippen molar-refractivity contribution >= 4 is 21.6 Å². The molecule has 144 valence electrons. The molecule has 1 saturated heterocycles. The molecule has 0 N–H and O–H groups in total.